The van der Waals surface area contributed by atoms with Crippen LogP contribution in [-0.2, 0) is 0 Å². The SMILES string of the molecule is O=c1ccc2cnc(Nc3ccc(-c4ccccc4)cn3)nc2[nH]1. The molecule has 24 heavy (non-hydrogen) atoms. The molecule has 0 aliphatic carbocycles. The lowest BCUT2D eigenvalue weighted by Gasteiger charge is -2.06. The van der Waals surface area contributed by atoms with Gasteiger partial charge in [0.2, 0.25) is 11.5 Å². The zero-order valence-electron chi connectivity index (χ0n) is 12.6. The van der Waals surface area contributed by atoms with Crippen LogP contribution < -0.4 is 10.9 Å². The molecule has 0 spiro atoms. The second kappa shape index (κ2) is 5.92. The monoisotopic (exact) mass is 315 g/mol. The van der Waals surface area contributed by atoms with Crippen LogP contribution in [0.4, 0.5) is 11.8 Å². The molecule has 3 aromatic heterocycles. The first-order valence-corrected chi connectivity index (χ1v) is 7.42. The number of H-pyrrole nitrogens is 1. The summed E-state index contributed by atoms with van der Waals surface area (Å²) < 4.78 is 0. The van der Waals surface area contributed by atoms with Crippen molar-refractivity contribution in [2.45, 2.75) is 0 Å². The van der Waals surface area contributed by atoms with Crippen molar-refractivity contribution in [2.24, 2.45) is 0 Å². The molecule has 6 nitrogen and oxygen atoms in total. The number of nitrogens with zero attached hydrogens (tertiary/aromatic N) is 3. The normalized spacial score (nSPS) is 10.7. The van der Waals surface area contributed by atoms with E-state index in [0.29, 0.717) is 17.4 Å². The first-order valence-electron chi connectivity index (χ1n) is 7.42. The van der Waals surface area contributed by atoms with Gasteiger partial charge in [-0.25, -0.2) is 9.97 Å². The predicted molar refractivity (Wildman–Crippen MR) is 93.1 cm³/mol. The second-order valence-corrected chi connectivity index (χ2v) is 5.24. The minimum absolute atomic E-state index is 0.197. The zero-order valence-corrected chi connectivity index (χ0v) is 12.6. The highest BCUT2D eigenvalue weighted by atomic mass is 16.1. The topological polar surface area (TPSA) is 83.6 Å². The maximum atomic E-state index is 11.4. The van der Waals surface area contributed by atoms with Gasteiger partial charge >= 0.3 is 0 Å². The molecule has 0 aliphatic heterocycles. The third-order valence-electron chi connectivity index (χ3n) is 3.58. The van der Waals surface area contributed by atoms with Gasteiger partial charge in [-0.3, -0.25) is 4.79 Å². The van der Waals surface area contributed by atoms with Crippen LogP contribution in [0.2, 0.25) is 0 Å². The number of fused-ring (bicyclic) bond motifs is 1. The smallest absolute Gasteiger partial charge is 0.249 e. The first-order chi connectivity index (χ1) is 11.8. The van der Waals surface area contributed by atoms with Crippen LogP contribution in [0.15, 0.2) is 71.8 Å². The summed E-state index contributed by atoms with van der Waals surface area (Å²) in [6.45, 7) is 0. The number of hydrogen-bond acceptors (Lipinski definition) is 5. The number of pyridine rings is 2. The average molecular weight is 315 g/mol. The van der Waals surface area contributed by atoms with E-state index in [9.17, 15) is 4.79 Å². The summed E-state index contributed by atoms with van der Waals surface area (Å²) in [5.74, 6) is 1.01. The van der Waals surface area contributed by atoms with Crippen molar-refractivity contribution in [3.8, 4) is 11.1 Å². The zero-order chi connectivity index (χ0) is 16.4. The van der Waals surface area contributed by atoms with E-state index in [1.807, 2.05) is 42.5 Å². The van der Waals surface area contributed by atoms with E-state index >= 15 is 0 Å². The third-order valence-corrected chi connectivity index (χ3v) is 3.58. The summed E-state index contributed by atoms with van der Waals surface area (Å²) in [5.41, 5.74) is 2.43. The molecule has 4 aromatic rings. The molecular weight excluding hydrogens is 302 g/mol. The molecule has 4 rings (SSSR count). The lowest BCUT2D eigenvalue weighted by atomic mass is 10.1. The Morgan fingerprint density at radius 3 is 2.50 bits per heavy atom. The maximum Gasteiger partial charge on any atom is 0.249 e. The van der Waals surface area contributed by atoms with Gasteiger partial charge in [-0.05, 0) is 23.8 Å². The Morgan fingerprint density at radius 2 is 1.71 bits per heavy atom. The molecule has 3 heterocycles. The molecule has 0 atom stereocenters. The van der Waals surface area contributed by atoms with Crippen molar-refractivity contribution >= 4 is 22.8 Å². The van der Waals surface area contributed by atoms with Crippen molar-refractivity contribution in [1.29, 1.82) is 0 Å². The van der Waals surface area contributed by atoms with Crippen LogP contribution in [0.3, 0.4) is 0 Å². The van der Waals surface area contributed by atoms with E-state index in [0.717, 1.165) is 16.5 Å². The third kappa shape index (κ3) is 2.85. The van der Waals surface area contributed by atoms with Crippen LogP contribution in [0.1, 0.15) is 0 Å². The van der Waals surface area contributed by atoms with Crippen LogP contribution in [0, 0.1) is 0 Å². The molecule has 6 heteroatoms. The molecule has 0 bridgehead atoms. The standard InChI is InChI=1S/C18H13N5O/c24-16-9-7-14-11-20-18(23-17(14)22-16)21-15-8-6-13(10-19-15)12-4-2-1-3-5-12/h1-11H,(H2,19,20,21,22,23,24). The summed E-state index contributed by atoms with van der Waals surface area (Å²) in [6.07, 6.45) is 3.44. The highest BCUT2D eigenvalue weighted by molar-refractivity contribution is 5.74. The van der Waals surface area contributed by atoms with E-state index in [2.05, 4.69) is 25.3 Å². The van der Waals surface area contributed by atoms with Gasteiger partial charge in [0.1, 0.15) is 11.5 Å². The maximum absolute atomic E-state index is 11.4. The molecule has 0 aliphatic rings. The van der Waals surface area contributed by atoms with E-state index in [1.165, 1.54) is 6.07 Å². The summed E-state index contributed by atoms with van der Waals surface area (Å²) in [5, 5.41) is 3.81. The van der Waals surface area contributed by atoms with Crippen molar-refractivity contribution in [3.63, 3.8) is 0 Å². The fourth-order valence-electron chi connectivity index (χ4n) is 2.38. The van der Waals surface area contributed by atoms with Crippen LogP contribution >= 0.6 is 0 Å². The Hall–Kier alpha value is -3.54. The molecule has 2 N–H and O–H groups in total. The van der Waals surface area contributed by atoms with Gasteiger partial charge in [-0.2, -0.15) is 4.98 Å². The Morgan fingerprint density at radius 1 is 0.833 bits per heavy atom. The number of hydrogen-bond donors (Lipinski definition) is 2. The van der Waals surface area contributed by atoms with Gasteiger partial charge in [-0.1, -0.05) is 30.3 Å². The Labute approximate surface area is 137 Å². The molecule has 0 amide bonds. The van der Waals surface area contributed by atoms with E-state index in [-0.39, 0.29) is 5.56 Å². The number of rotatable bonds is 3. The molecule has 0 saturated heterocycles. The summed E-state index contributed by atoms with van der Waals surface area (Å²) in [7, 11) is 0. The van der Waals surface area contributed by atoms with Crippen LogP contribution in [0.25, 0.3) is 22.2 Å². The summed E-state index contributed by atoms with van der Waals surface area (Å²) in [6, 6.07) is 17.0. The number of aromatic amines is 1. The van der Waals surface area contributed by atoms with Crippen molar-refractivity contribution < 1.29 is 0 Å². The molecule has 116 valence electrons. The summed E-state index contributed by atoms with van der Waals surface area (Å²) in [4.78, 5) is 27.0. The van der Waals surface area contributed by atoms with Crippen molar-refractivity contribution in [1.82, 2.24) is 19.9 Å². The van der Waals surface area contributed by atoms with Gasteiger partial charge in [0, 0.05) is 29.4 Å². The molecule has 0 saturated carbocycles. The van der Waals surface area contributed by atoms with E-state index in [4.69, 9.17) is 0 Å². The minimum Gasteiger partial charge on any atom is -0.309 e. The van der Waals surface area contributed by atoms with Gasteiger partial charge in [0.05, 0.1) is 0 Å². The second-order valence-electron chi connectivity index (χ2n) is 5.24. The average Bonchev–Trinajstić information content (AvgIpc) is 2.63. The fourth-order valence-corrected chi connectivity index (χ4v) is 2.38. The summed E-state index contributed by atoms with van der Waals surface area (Å²) >= 11 is 0. The van der Waals surface area contributed by atoms with Crippen molar-refractivity contribution in [2.75, 3.05) is 5.32 Å². The number of aromatic nitrogens is 4. The number of nitrogens with one attached hydrogen (secondary N) is 2. The van der Waals surface area contributed by atoms with Crippen LogP contribution in [0.5, 0.6) is 0 Å². The molecule has 0 radical (unpaired) electrons. The van der Waals surface area contributed by atoms with Gasteiger partial charge < -0.3 is 10.3 Å². The van der Waals surface area contributed by atoms with Gasteiger partial charge in [0.25, 0.3) is 0 Å². The molecule has 1 aromatic carbocycles. The minimum atomic E-state index is -0.197. The molecule has 0 fully saturated rings. The predicted octanol–water partition coefficient (Wildman–Crippen LogP) is 3.12. The highest BCUT2D eigenvalue weighted by Gasteiger charge is 2.03. The van der Waals surface area contributed by atoms with Crippen molar-refractivity contribution in [3.05, 3.63) is 77.3 Å². The lowest BCUT2D eigenvalue weighted by Crippen LogP contribution is -2.06. The first kappa shape index (κ1) is 14.1. The Bertz CT molecular complexity index is 1040. The fraction of sp³-hybridized carbons (Fsp3) is 0. The lowest BCUT2D eigenvalue weighted by molar-refractivity contribution is 1.15. The van der Waals surface area contributed by atoms with E-state index < -0.39 is 0 Å². The Kier molecular flexibility index (Phi) is 3.47. The molecule has 0 unspecified atom stereocenters. The number of benzene rings is 1. The van der Waals surface area contributed by atoms with Gasteiger partial charge in [0.15, 0.2) is 0 Å². The largest absolute Gasteiger partial charge is 0.309 e. The molecular formula is C18H13N5O. The highest BCUT2D eigenvalue weighted by Crippen LogP contribution is 2.20. The number of anilines is 2. The quantitative estimate of drug-likeness (QED) is 0.607. The Balaban J connectivity index is 1.60. The van der Waals surface area contributed by atoms with Gasteiger partial charge in [-0.15, -0.1) is 0 Å². The van der Waals surface area contributed by atoms with Crippen LogP contribution in [-0.4, -0.2) is 19.9 Å². The van der Waals surface area contributed by atoms with E-state index in [1.54, 1.807) is 18.5 Å².